The maximum absolute atomic E-state index is 13.7. The normalized spacial score (nSPS) is 11.4. The Kier molecular flexibility index (Phi) is 4.79. The third-order valence-electron chi connectivity index (χ3n) is 2.93. The van der Waals surface area contributed by atoms with Crippen LogP contribution in [0.3, 0.4) is 0 Å². The van der Waals surface area contributed by atoms with E-state index < -0.39 is 0 Å². The summed E-state index contributed by atoms with van der Waals surface area (Å²) in [6.45, 7) is 8.54. The van der Waals surface area contributed by atoms with E-state index >= 15 is 0 Å². The lowest BCUT2D eigenvalue weighted by molar-refractivity contribution is 0.406. The van der Waals surface area contributed by atoms with E-state index in [2.05, 4.69) is 33.0 Å². The molecule has 0 fully saturated rings. The van der Waals surface area contributed by atoms with E-state index in [0.29, 0.717) is 23.3 Å². The molecule has 0 saturated heterocycles. The molecule has 3 heteroatoms. The zero-order chi connectivity index (χ0) is 13.0. The maximum atomic E-state index is 13.7. The van der Waals surface area contributed by atoms with E-state index in [1.165, 1.54) is 6.07 Å². The number of anilines is 1. The molecule has 0 radical (unpaired) electrons. The smallest absolute Gasteiger partial charge is 0.146 e. The van der Waals surface area contributed by atoms with Crippen LogP contribution in [0.1, 0.15) is 27.7 Å². The first-order valence-electron chi connectivity index (χ1n) is 6.05. The van der Waals surface area contributed by atoms with Crippen molar-refractivity contribution in [3.8, 4) is 5.75 Å². The Morgan fingerprint density at radius 3 is 2.18 bits per heavy atom. The Labute approximate surface area is 103 Å². The largest absolute Gasteiger partial charge is 0.497 e. The second kappa shape index (κ2) is 5.89. The van der Waals surface area contributed by atoms with Crippen molar-refractivity contribution in [2.45, 2.75) is 33.7 Å². The maximum Gasteiger partial charge on any atom is 0.146 e. The lowest BCUT2D eigenvalue weighted by Gasteiger charge is -2.27. The minimum Gasteiger partial charge on any atom is -0.497 e. The molecule has 0 unspecified atom stereocenters. The van der Waals surface area contributed by atoms with Gasteiger partial charge in [-0.3, -0.25) is 0 Å². The molecule has 1 rings (SSSR count). The van der Waals surface area contributed by atoms with Crippen molar-refractivity contribution in [2.24, 2.45) is 11.8 Å². The molecule has 0 heterocycles. The molecule has 17 heavy (non-hydrogen) atoms. The Morgan fingerprint density at radius 2 is 1.71 bits per heavy atom. The van der Waals surface area contributed by atoms with Crippen LogP contribution < -0.4 is 10.1 Å². The highest BCUT2D eigenvalue weighted by molar-refractivity contribution is 5.50. The highest BCUT2D eigenvalue weighted by Gasteiger charge is 2.18. The minimum atomic E-state index is -0.239. The lowest BCUT2D eigenvalue weighted by atomic mass is 9.93. The van der Waals surface area contributed by atoms with E-state index in [1.54, 1.807) is 19.2 Å². The number of ether oxygens (including phenoxy) is 1. The second-order valence-corrected chi connectivity index (χ2v) is 5.00. The molecule has 0 atom stereocenters. The van der Waals surface area contributed by atoms with Gasteiger partial charge < -0.3 is 10.1 Å². The van der Waals surface area contributed by atoms with Crippen molar-refractivity contribution in [3.05, 3.63) is 24.0 Å². The van der Waals surface area contributed by atoms with Crippen LogP contribution in [0.25, 0.3) is 0 Å². The fourth-order valence-corrected chi connectivity index (χ4v) is 2.02. The van der Waals surface area contributed by atoms with Crippen LogP contribution in [0.4, 0.5) is 10.1 Å². The first-order chi connectivity index (χ1) is 7.95. The highest BCUT2D eigenvalue weighted by Crippen LogP contribution is 2.25. The number of hydrogen-bond donors (Lipinski definition) is 1. The van der Waals surface area contributed by atoms with Gasteiger partial charge in [-0.2, -0.15) is 0 Å². The van der Waals surface area contributed by atoms with Crippen LogP contribution in [0, 0.1) is 17.7 Å². The molecule has 0 aliphatic heterocycles. The zero-order valence-electron chi connectivity index (χ0n) is 11.3. The van der Waals surface area contributed by atoms with Gasteiger partial charge in [-0.25, -0.2) is 4.39 Å². The SMILES string of the molecule is COc1ccc(F)c(NC(C(C)C)C(C)C)c1. The van der Waals surface area contributed by atoms with Crippen molar-refractivity contribution in [1.29, 1.82) is 0 Å². The molecule has 96 valence electrons. The molecule has 0 aliphatic carbocycles. The summed E-state index contributed by atoms with van der Waals surface area (Å²) >= 11 is 0. The van der Waals surface area contributed by atoms with Gasteiger partial charge in [-0.05, 0) is 24.0 Å². The van der Waals surface area contributed by atoms with Crippen molar-refractivity contribution < 1.29 is 9.13 Å². The van der Waals surface area contributed by atoms with Crippen LogP contribution in [0.2, 0.25) is 0 Å². The Morgan fingerprint density at radius 1 is 1.12 bits per heavy atom. The molecular weight excluding hydrogens is 217 g/mol. The first-order valence-corrected chi connectivity index (χ1v) is 6.05. The molecule has 2 nitrogen and oxygen atoms in total. The van der Waals surface area contributed by atoms with E-state index in [1.807, 2.05) is 0 Å². The van der Waals surface area contributed by atoms with Gasteiger partial charge in [0.2, 0.25) is 0 Å². The Bertz CT molecular complexity index is 355. The van der Waals surface area contributed by atoms with Gasteiger partial charge in [-0.1, -0.05) is 27.7 Å². The van der Waals surface area contributed by atoms with Crippen molar-refractivity contribution in [2.75, 3.05) is 12.4 Å². The zero-order valence-corrected chi connectivity index (χ0v) is 11.3. The quantitative estimate of drug-likeness (QED) is 0.840. The topological polar surface area (TPSA) is 21.3 Å². The summed E-state index contributed by atoms with van der Waals surface area (Å²) in [5.74, 6) is 1.32. The van der Waals surface area contributed by atoms with Gasteiger partial charge in [0.1, 0.15) is 11.6 Å². The molecule has 1 aromatic rings. The third-order valence-corrected chi connectivity index (χ3v) is 2.93. The van der Waals surface area contributed by atoms with Crippen LogP contribution in [-0.2, 0) is 0 Å². The molecule has 1 aromatic carbocycles. The predicted octanol–water partition coefficient (Wildman–Crippen LogP) is 3.93. The summed E-state index contributed by atoms with van der Waals surface area (Å²) in [6, 6.07) is 5.00. The molecule has 0 aromatic heterocycles. The Hall–Kier alpha value is -1.25. The van der Waals surface area contributed by atoms with Gasteiger partial charge >= 0.3 is 0 Å². The summed E-state index contributed by atoms with van der Waals surface area (Å²) in [6.07, 6.45) is 0. The standard InChI is InChI=1S/C14H22FNO/c1-9(2)14(10(3)4)16-13-8-11(17-5)6-7-12(13)15/h6-10,14,16H,1-5H3. The average Bonchev–Trinajstić information content (AvgIpc) is 2.27. The highest BCUT2D eigenvalue weighted by atomic mass is 19.1. The molecule has 1 N–H and O–H groups in total. The summed E-state index contributed by atoms with van der Waals surface area (Å²) in [4.78, 5) is 0. The molecule has 0 spiro atoms. The number of methoxy groups -OCH3 is 1. The van der Waals surface area contributed by atoms with Crippen molar-refractivity contribution in [3.63, 3.8) is 0 Å². The van der Waals surface area contributed by atoms with Crippen molar-refractivity contribution >= 4 is 5.69 Å². The van der Waals surface area contributed by atoms with E-state index in [0.717, 1.165) is 0 Å². The molecule has 0 amide bonds. The third kappa shape index (κ3) is 3.62. The fourth-order valence-electron chi connectivity index (χ4n) is 2.02. The van der Waals surface area contributed by atoms with Gasteiger partial charge in [0.15, 0.2) is 0 Å². The summed E-state index contributed by atoms with van der Waals surface area (Å²) in [5, 5.41) is 3.27. The number of hydrogen-bond acceptors (Lipinski definition) is 2. The van der Waals surface area contributed by atoms with Crippen LogP contribution in [0.15, 0.2) is 18.2 Å². The van der Waals surface area contributed by atoms with Crippen molar-refractivity contribution in [1.82, 2.24) is 0 Å². The number of rotatable bonds is 5. The predicted molar refractivity (Wildman–Crippen MR) is 70.0 cm³/mol. The van der Waals surface area contributed by atoms with Crippen LogP contribution in [-0.4, -0.2) is 13.2 Å². The van der Waals surface area contributed by atoms with Gasteiger partial charge in [-0.15, -0.1) is 0 Å². The first kappa shape index (κ1) is 13.8. The van der Waals surface area contributed by atoms with Crippen LogP contribution >= 0.6 is 0 Å². The summed E-state index contributed by atoms with van der Waals surface area (Å²) in [5.41, 5.74) is 0.511. The lowest BCUT2D eigenvalue weighted by Crippen LogP contribution is -2.31. The molecular formula is C14H22FNO. The van der Waals surface area contributed by atoms with Gasteiger partial charge in [0.05, 0.1) is 12.8 Å². The number of nitrogens with one attached hydrogen (secondary N) is 1. The molecule has 0 aliphatic rings. The number of halogens is 1. The number of benzene rings is 1. The average molecular weight is 239 g/mol. The molecule has 0 saturated carbocycles. The van der Waals surface area contributed by atoms with E-state index in [-0.39, 0.29) is 11.9 Å². The van der Waals surface area contributed by atoms with E-state index in [4.69, 9.17) is 4.74 Å². The van der Waals surface area contributed by atoms with Gasteiger partial charge in [0.25, 0.3) is 0 Å². The summed E-state index contributed by atoms with van der Waals surface area (Å²) in [7, 11) is 1.58. The van der Waals surface area contributed by atoms with Crippen LogP contribution in [0.5, 0.6) is 5.75 Å². The van der Waals surface area contributed by atoms with Gasteiger partial charge in [0, 0.05) is 12.1 Å². The van der Waals surface area contributed by atoms with E-state index in [9.17, 15) is 4.39 Å². The molecule has 0 bridgehead atoms. The second-order valence-electron chi connectivity index (χ2n) is 5.00. The monoisotopic (exact) mass is 239 g/mol. The Balaban J connectivity index is 2.92. The summed E-state index contributed by atoms with van der Waals surface area (Å²) < 4.78 is 18.8. The fraction of sp³-hybridized carbons (Fsp3) is 0.571. The minimum absolute atomic E-state index is 0.239.